The van der Waals surface area contributed by atoms with E-state index in [1.807, 2.05) is 0 Å². The molecule has 0 aliphatic carbocycles. The van der Waals surface area contributed by atoms with Crippen molar-refractivity contribution in [1.82, 2.24) is 0 Å². The number of alkyl halides is 12. The monoisotopic (exact) mass is 610 g/mol. The molecule has 3 unspecified atom stereocenters. The van der Waals surface area contributed by atoms with Crippen molar-refractivity contribution in [2.75, 3.05) is 13.2 Å². The van der Waals surface area contributed by atoms with Crippen molar-refractivity contribution in [2.45, 2.75) is 102 Å². The second kappa shape index (κ2) is 12.6. The first-order valence-corrected chi connectivity index (χ1v) is 12.0. The van der Waals surface area contributed by atoms with Gasteiger partial charge in [-0.25, -0.2) is 0 Å². The Morgan fingerprint density at radius 2 is 0.850 bits per heavy atom. The highest BCUT2D eigenvalue weighted by atomic mass is 19.4. The van der Waals surface area contributed by atoms with E-state index in [1.165, 1.54) is 27.7 Å². The third kappa shape index (κ3) is 6.98. The maximum Gasteiger partial charge on any atom is 0.430 e. The lowest BCUT2D eigenvalue weighted by molar-refractivity contribution is -0.417. The summed E-state index contributed by atoms with van der Waals surface area (Å²) in [4.78, 5) is 0. The second-order valence-electron chi connectivity index (χ2n) is 8.79. The van der Waals surface area contributed by atoms with Gasteiger partial charge in [-0.2, -0.15) is 52.7 Å². The summed E-state index contributed by atoms with van der Waals surface area (Å²) in [6, 6.07) is -0.0489. The maximum atomic E-state index is 14.4. The number of hydrogen-bond acceptors (Lipinski definition) is 4. The summed E-state index contributed by atoms with van der Waals surface area (Å²) in [6.07, 6.45) is -30.3. The van der Waals surface area contributed by atoms with Gasteiger partial charge in [-0.3, -0.25) is 0 Å². The van der Waals surface area contributed by atoms with Crippen LogP contribution < -0.4 is 0 Å². The van der Waals surface area contributed by atoms with Crippen molar-refractivity contribution in [1.29, 1.82) is 0 Å². The minimum absolute atomic E-state index is 0.0780. The van der Waals surface area contributed by atoms with Crippen molar-refractivity contribution < 1.29 is 71.6 Å². The van der Waals surface area contributed by atoms with Gasteiger partial charge in [-0.1, -0.05) is 26.0 Å². The van der Waals surface area contributed by atoms with Crippen LogP contribution in [0.2, 0.25) is 0 Å². The van der Waals surface area contributed by atoms with Gasteiger partial charge in [0.1, 0.15) is 0 Å². The van der Waals surface area contributed by atoms with Crippen molar-refractivity contribution in [2.24, 2.45) is 0 Å². The van der Waals surface area contributed by atoms with Crippen LogP contribution in [-0.2, 0) is 30.1 Å². The Hall–Kier alpha value is -1.78. The van der Waals surface area contributed by atoms with Crippen LogP contribution in [0.25, 0.3) is 0 Å². The fourth-order valence-corrected chi connectivity index (χ4v) is 3.99. The van der Waals surface area contributed by atoms with Gasteiger partial charge in [-0.05, 0) is 51.7 Å². The van der Waals surface area contributed by atoms with E-state index in [1.54, 1.807) is 0 Å². The Balaban J connectivity index is 4.43. The summed E-state index contributed by atoms with van der Waals surface area (Å²) in [6.45, 7) is 5.46. The van der Waals surface area contributed by atoms with E-state index in [-0.39, 0.29) is 18.6 Å². The van der Waals surface area contributed by atoms with E-state index in [4.69, 9.17) is 0 Å². The lowest BCUT2D eigenvalue weighted by Gasteiger charge is -2.42. The van der Waals surface area contributed by atoms with Crippen LogP contribution in [0, 0.1) is 0 Å². The molecule has 234 valence electrons. The summed E-state index contributed by atoms with van der Waals surface area (Å²) in [5.74, 6) is -1.09. The summed E-state index contributed by atoms with van der Waals surface area (Å²) in [7, 11) is 0. The number of rotatable bonds is 12. The predicted molar refractivity (Wildman–Crippen MR) is 117 cm³/mol. The zero-order chi connectivity index (χ0) is 31.5. The minimum atomic E-state index is -6.43. The van der Waals surface area contributed by atoms with Crippen LogP contribution in [0.15, 0.2) is 18.2 Å². The van der Waals surface area contributed by atoms with Crippen LogP contribution in [0.5, 0.6) is 0 Å². The molecule has 0 N–H and O–H groups in total. The second-order valence-corrected chi connectivity index (χ2v) is 8.79. The number of halogens is 12. The van der Waals surface area contributed by atoms with Crippen LogP contribution in [-0.4, -0.2) is 50.5 Å². The molecule has 0 saturated carbocycles. The lowest BCUT2D eigenvalue weighted by atomic mass is 9.81. The first kappa shape index (κ1) is 36.2. The van der Waals surface area contributed by atoms with Gasteiger partial charge in [0.25, 0.3) is 11.2 Å². The molecule has 0 spiro atoms. The van der Waals surface area contributed by atoms with E-state index >= 15 is 0 Å². The van der Waals surface area contributed by atoms with Crippen LogP contribution in [0.4, 0.5) is 52.7 Å². The fourth-order valence-electron chi connectivity index (χ4n) is 3.99. The van der Waals surface area contributed by atoms with Gasteiger partial charge in [0.2, 0.25) is 0 Å². The summed E-state index contributed by atoms with van der Waals surface area (Å²) in [5.41, 5.74) is -15.6. The van der Waals surface area contributed by atoms with Crippen molar-refractivity contribution in [3.63, 3.8) is 0 Å². The fraction of sp³-hybridized carbons (Fsp3) is 0.750. The molecule has 0 amide bonds. The Morgan fingerprint density at radius 1 is 0.550 bits per heavy atom. The average molecular weight is 610 g/mol. The Kier molecular flexibility index (Phi) is 11.4. The molecule has 0 aromatic heterocycles. The molecule has 16 heteroatoms. The van der Waals surface area contributed by atoms with Crippen LogP contribution >= 0.6 is 0 Å². The predicted octanol–water partition coefficient (Wildman–Crippen LogP) is 8.64. The van der Waals surface area contributed by atoms with Gasteiger partial charge < -0.3 is 18.9 Å². The van der Waals surface area contributed by atoms with E-state index in [9.17, 15) is 52.7 Å². The zero-order valence-corrected chi connectivity index (χ0v) is 22.3. The van der Waals surface area contributed by atoms with Crippen molar-refractivity contribution >= 4 is 0 Å². The number of benzene rings is 1. The first-order valence-electron chi connectivity index (χ1n) is 12.0. The van der Waals surface area contributed by atoms with Gasteiger partial charge >= 0.3 is 24.7 Å². The molecular formula is C24H30F12O4. The molecule has 0 aliphatic heterocycles. The maximum absolute atomic E-state index is 14.4. The van der Waals surface area contributed by atoms with E-state index < -0.39 is 90.4 Å². The molecule has 1 aromatic rings. The molecule has 0 saturated heterocycles. The van der Waals surface area contributed by atoms with Gasteiger partial charge in [0, 0.05) is 24.3 Å². The number of ether oxygens (including phenoxy) is 4. The summed E-state index contributed by atoms with van der Waals surface area (Å²) in [5, 5.41) is 0. The topological polar surface area (TPSA) is 36.9 Å². The zero-order valence-electron chi connectivity index (χ0n) is 22.3. The Labute approximate surface area is 222 Å². The van der Waals surface area contributed by atoms with Gasteiger partial charge in [0.05, 0.1) is 0 Å². The SMILES string of the molecule is CCOC(C)OC(c1cc(C(C)CC)cc(C(OC(C)OCC)(C(F)(F)F)C(F)(F)F)c1)(C(F)(F)F)C(F)(F)F. The highest BCUT2D eigenvalue weighted by molar-refractivity contribution is 5.42. The number of hydrogen-bond donors (Lipinski definition) is 0. The van der Waals surface area contributed by atoms with E-state index in [0.717, 1.165) is 0 Å². The molecule has 3 atom stereocenters. The largest absolute Gasteiger partial charge is 0.430 e. The molecule has 1 rings (SSSR count). The van der Waals surface area contributed by atoms with Crippen LogP contribution in [0.1, 0.15) is 70.6 Å². The molecule has 1 aromatic carbocycles. The molecule has 4 nitrogen and oxygen atoms in total. The smallest absolute Gasteiger partial charge is 0.353 e. The molecule has 0 aliphatic rings. The normalized spacial score (nSPS) is 16.6. The molecule has 40 heavy (non-hydrogen) atoms. The highest BCUT2D eigenvalue weighted by Crippen LogP contribution is 2.58. The molecular weight excluding hydrogens is 580 g/mol. The molecule has 0 radical (unpaired) electrons. The minimum Gasteiger partial charge on any atom is -0.353 e. The quantitative estimate of drug-likeness (QED) is 0.175. The standard InChI is InChI=1S/C24H30F12O4/c1-7-13(4)16-10-17(19(21(25,26)27,22(28,29)30)39-14(5)37-8-2)12-18(11-16)20(23(31,32)33,24(34,35)36)40-15(6)38-9-3/h10-15H,7-9H2,1-6H3. The third-order valence-corrected chi connectivity index (χ3v) is 6.03. The highest BCUT2D eigenvalue weighted by Gasteiger charge is 2.76. The Morgan fingerprint density at radius 3 is 1.07 bits per heavy atom. The molecule has 0 heterocycles. The van der Waals surface area contributed by atoms with E-state index in [2.05, 4.69) is 18.9 Å². The van der Waals surface area contributed by atoms with Gasteiger partial charge in [-0.15, -0.1) is 0 Å². The summed E-state index contributed by atoms with van der Waals surface area (Å²) >= 11 is 0. The Bertz CT molecular complexity index is 857. The van der Waals surface area contributed by atoms with Crippen molar-refractivity contribution in [3.05, 3.63) is 34.9 Å². The average Bonchev–Trinajstić information content (AvgIpc) is 2.77. The first-order chi connectivity index (χ1) is 18.0. The summed E-state index contributed by atoms with van der Waals surface area (Å²) < 4.78 is 191. The van der Waals surface area contributed by atoms with Gasteiger partial charge in [0.15, 0.2) is 12.6 Å². The molecule has 0 bridgehead atoms. The molecule has 0 fully saturated rings. The van der Waals surface area contributed by atoms with E-state index in [0.29, 0.717) is 13.8 Å². The van der Waals surface area contributed by atoms with Crippen molar-refractivity contribution in [3.8, 4) is 0 Å². The third-order valence-electron chi connectivity index (χ3n) is 6.03. The lowest BCUT2D eigenvalue weighted by Crippen LogP contribution is -2.59. The van der Waals surface area contributed by atoms with Crippen LogP contribution in [0.3, 0.4) is 0 Å².